The molecular formula is C18H29N7S. The zero-order valence-corrected chi connectivity index (χ0v) is 17.0. The Labute approximate surface area is 159 Å². The van der Waals surface area contributed by atoms with Crippen LogP contribution in [0.1, 0.15) is 59.3 Å². The van der Waals surface area contributed by atoms with Gasteiger partial charge in [0.05, 0.1) is 17.2 Å². The molecule has 0 unspecified atom stereocenters. The predicted octanol–water partition coefficient (Wildman–Crippen LogP) is 2.76. The molecule has 2 aromatic rings. The SMILES string of the molecule is Cc1nc(C)c(CNC(=NCc2nnc(C)n2C)NC2CCCCC2)s1. The van der Waals surface area contributed by atoms with E-state index in [4.69, 9.17) is 4.99 Å². The fraction of sp³-hybridized carbons (Fsp3) is 0.667. The fourth-order valence-corrected chi connectivity index (χ4v) is 4.11. The van der Waals surface area contributed by atoms with Crippen LogP contribution in [0.15, 0.2) is 4.99 Å². The molecule has 1 saturated carbocycles. The molecule has 0 aliphatic heterocycles. The number of hydrogen-bond donors (Lipinski definition) is 2. The van der Waals surface area contributed by atoms with E-state index in [-0.39, 0.29) is 0 Å². The number of aromatic nitrogens is 4. The van der Waals surface area contributed by atoms with Crippen molar-refractivity contribution in [3.63, 3.8) is 0 Å². The predicted molar refractivity (Wildman–Crippen MR) is 105 cm³/mol. The van der Waals surface area contributed by atoms with Crippen LogP contribution in [0.3, 0.4) is 0 Å². The second-order valence-corrected chi connectivity index (χ2v) is 8.25. The highest BCUT2D eigenvalue weighted by Gasteiger charge is 2.15. The van der Waals surface area contributed by atoms with E-state index in [2.05, 4.69) is 32.7 Å². The summed E-state index contributed by atoms with van der Waals surface area (Å²) in [5, 5.41) is 16.5. The van der Waals surface area contributed by atoms with Crippen molar-refractivity contribution in [2.45, 2.75) is 72.0 Å². The zero-order valence-electron chi connectivity index (χ0n) is 16.2. The summed E-state index contributed by atoms with van der Waals surface area (Å²) < 4.78 is 1.98. The monoisotopic (exact) mass is 375 g/mol. The summed E-state index contributed by atoms with van der Waals surface area (Å²) in [5.74, 6) is 2.63. The summed E-state index contributed by atoms with van der Waals surface area (Å²) in [6.45, 7) is 7.32. The molecule has 0 aromatic carbocycles. The van der Waals surface area contributed by atoms with Gasteiger partial charge >= 0.3 is 0 Å². The lowest BCUT2D eigenvalue weighted by molar-refractivity contribution is 0.409. The van der Waals surface area contributed by atoms with Gasteiger partial charge in [-0.3, -0.25) is 0 Å². The van der Waals surface area contributed by atoms with Crippen molar-refractivity contribution < 1.29 is 0 Å². The van der Waals surface area contributed by atoms with Crippen LogP contribution < -0.4 is 10.6 Å². The molecular weight excluding hydrogens is 346 g/mol. The summed E-state index contributed by atoms with van der Waals surface area (Å²) in [4.78, 5) is 10.5. The lowest BCUT2D eigenvalue weighted by atomic mass is 9.96. The van der Waals surface area contributed by atoms with Gasteiger partial charge < -0.3 is 15.2 Å². The number of rotatable bonds is 5. The molecule has 0 atom stereocenters. The number of thiazole rings is 1. The van der Waals surface area contributed by atoms with Crippen molar-refractivity contribution >= 4 is 17.3 Å². The first-order valence-corrected chi connectivity index (χ1v) is 10.2. The van der Waals surface area contributed by atoms with Gasteiger partial charge in [0.15, 0.2) is 11.8 Å². The number of hydrogen-bond acceptors (Lipinski definition) is 5. The Morgan fingerprint density at radius 2 is 1.96 bits per heavy atom. The van der Waals surface area contributed by atoms with Gasteiger partial charge in [0, 0.05) is 18.0 Å². The van der Waals surface area contributed by atoms with Gasteiger partial charge in [-0.15, -0.1) is 21.5 Å². The molecule has 0 spiro atoms. The maximum Gasteiger partial charge on any atom is 0.192 e. The molecule has 8 heteroatoms. The molecule has 26 heavy (non-hydrogen) atoms. The van der Waals surface area contributed by atoms with E-state index < -0.39 is 0 Å². The normalized spacial score (nSPS) is 16.1. The van der Waals surface area contributed by atoms with Crippen LogP contribution in [0.4, 0.5) is 0 Å². The van der Waals surface area contributed by atoms with Crippen LogP contribution in [0.5, 0.6) is 0 Å². The van der Waals surface area contributed by atoms with E-state index >= 15 is 0 Å². The first kappa shape index (κ1) is 18.8. The largest absolute Gasteiger partial charge is 0.354 e. The Balaban J connectivity index is 1.68. The molecule has 2 heterocycles. The van der Waals surface area contributed by atoms with Crippen LogP contribution >= 0.6 is 11.3 Å². The Morgan fingerprint density at radius 1 is 1.19 bits per heavy atom. The van der Waals surface area contributed by atoms with Crippen molar-refractivity contribution in [2.24, 2.45) is 12.0 Å². The molecule has 7 nitrogen and oxygen atoms in total. The number of nitrogens with one attached hydrogen (secondary N) is 2. The van der Waals surface area contributed by atoms with Gasteiger partial charge in [0.1, 0.15) is 12.4 Å². The molecule has 2 aromatic heterocycles. The summed E-state index contributed by atoms with van der Waals surface area (Å²) in [6, 6.07) is 0.500. The standard InChI is InChI=1S/C18H29N7S/c1-12-16(26-14(3)21-12)10-19-18(22-15-8-6-5-7-9-15)20-11-17-24-23-13(2)25(17)4/h15H,5-11H2,1-4H3,(H2,19,20,22). The highest BCUT2D eigenvalue weighted by Crippen LogP contribution is 2.18. The van der Waals surface area contributed by atoms with Crippen molar-refractivity contribution in [3.05, 3.63) is 27.2 Å². The third-order valence-electron chi connectivity index (χ3n) is 4.92. The molecule has 0 amide bonds. The minimum absolute atomic E-state index is 0.500. The molecule has 1 aliphatic carbocycles. The second kappa shape index (κ2) is 8.62. The molecule has 0 radical (unpaired) electrons. The zero-order chi connectivity index (χ0) is 18.5. The second-order valence-electron chi connectivity index (χ2n) is 6.96. The van der Waals surface area contributed by atoms with Crippen LogP contribution in [0, 0.1) is 20.8 Å². The minimum Gasteiger partial charge on any atom is -0.354 e. The summed E-state index contributed by atoms with van der Waals surface area (Å²) >= 11 is 1.74. The van der Waals surface area contributed by atoms with Crippen LogP contribution in [0.25, 0.3) is 0 Å². The van der Waals surface area contributed by atoms with Gasteiger partial charge in [-0.1, -0.05) is 19.3 Å². The molecule has 2 N–H and O–H groups in total. The van der Waals surface area contributed by atoms with Gasteiger partial charge in [0.2, 0.25) is 0 Å². The third-order valence-corrected chi connectivity index (χ3v) is 6.00. The third kappa shape index (κ3) is 4.81. The van der Waals surface area contributed by atoms with E-state index in [0.717, 1.165) is 34.9 Å². The highest BCUT2D eigenvalue weighted by atomic mass is 32.1. The van der Waals surface area contributed by atoms with E-state index in [1.807, 2.05) is 25.5 Å². The topological polar surface area (TPSA) is 80.0 Å². The van der Waals surface area contributed by atoms with Gasteiger partial charge in [-0.2, -0.15) is 0 Å². The number of aryl methyl sites for hydroxylation is 3. The summed E-state index contributed by atoms with van der Waals surface area (Å²) in [6.07, 6.45) is 6.35. The molecule has 0 saturated heterocycles. The smallest absolute Gasteiger partial charge is 0.192 e. The number of aliphatic imine (C=N–C) groups is 1. The van der Waals surface area contributed by atoms with E-state index in [1.165, 1.54) is 37.0 Å². The van der Waals surface area contributed by atoms with Crippen LogP contribution in [-0.4, -0.2) is 31.7 Å². The van der Waals surface area contributed by atoms with Crippen molar-refractivity contribution in [2.75, 3.05) is 0 Å². The Hall–Kier alpha value is -1.96. The molecule has 0 bridgehead atoms. The van der Waals surface area contributed by atoms with E-state index in [0.29, 0.717) is 12.6 Å². The Kier molecular flexibility index (Phi) is 6.24. The van der Waals surface area contributed by atoms with Gasteiger partial charge in [-0.25, -0.2) is 9.98 Å². The molecule has 142 valence electrons. The Bertz CT molecular complexity index is 756. The minimum atomic E-state index is 0.500. The van der Waals surface area contributed by atoms with Crippen LogP contribution in [0.2, 0.25) is 0 Å². The fourth-order valence-electron chi connectivity index (χ4n) is 3.23. The summed E-state index contributed by atoms with van der Waals surface area (Å²) in [5.41, 5.74) is 1.10. The average Bonchev–Trinajstić information content (AvgIpc) is 3.12. The van der Waals surface area contributed by atoms with Gasteiger partial charge in [0.25, 0.3) is 0 Å². The lowest BCUT2D eigenvalue weighted by Gasteiger charge is -2.25. The van der Waals surface area contributed by atoms with E-state index in [9.17, 15) is 0 Å². The molecule has 1 fully saturated rings. The molecule has 1 aliphatic rings. The van der Waals surface area contributed by atoms with Crippen LogP contribution in [-0.2, 0) is 20.1 Å². The maximum atomic E-state index is 4.77. The first-order chi connectivity index (χ1) is 12.5. The van der Waals surface area contributed by atoms with E-state index in [1.54, 1.807) is 11.3 Å². The lowest BCUT2D eigenvalue weighted by Crippen LogP contribution is -2.44. The summed E-state index contributed by atoms with van der Waals surface area (Å²) in [7, 11) is 1.98. The number of nitrogens with zero attached hydrogens (tertiary/aromatic N) is 5. The maximum absolute atomic E-state index is 4.77. The van der Waals surface area contributed by atoms with Crippen molar-refractivity contribution in [1.82, 2.24) is 30.4 Å². The molecule has 3 rings (SSSR count). The highest BCUT2D eigenvalue weighted by molar-refractivity contribution is 7.11. The quantitative estimate of drug-likeness (QED) is 0.620. The Morgan fingerprint density at radius 3 is 2.58 bits per heavy atom. The number of guanidine groups is 1. The van der Waals surface area contributed by atoms with Crippen molar-refractivity contribution in [1.29, 1.82) is 0 Å². The average molecular weight is 376 g/mol. The van der Waals surface area contributed by atoms with Gasteiger partial charge in [-0.05, 0) is 33.6 Å². The van der Waals surface area contributed by atoms with Crippen molar-refractivity contribution in [3.8, 4) is 0 Å². The first-order valence-electron chi connectivity index (χ1n) is 9.35.